The zero-order chi connectivity index (χ0) is 16.9. The molecule has 2 aromatic rings. The minimum atomic E-state index is -0.513. The van der Waals surface area contributed by atoms with Crippen LogP contribution in [0.2, 0.25) is 0 Å². The molecule has 5 nitrogen and oxygen atoms in total. The lowest BCUT2D eigenvalue weighted by atomic mass is 9.68. The number of aromatic nitrogens is 2. The molecule has 1 saturated carbocycles. The maximum atomic E-state index is 14.5. The molecule has 0 bridgehead atoms. The van der Waals surface area contributed by atoms with Crippen LogP contribution in [0.15, 0.2) is 24.7 Å². The van der Waals surface area contributed by atoms with Crippen LogP contribution in [0.4, 0.5) is 4.39 Å². The molecule has 6 heteroatoms. The molecule has 1 amide bonds. The SMILES string of the molecule is CC1(C)CC(NC(=O)c2cc(F)c3c(c2)-c2cncn2CCO3)C1. The van der Waals surface area contributed by atoms with E-state index < -0.39 is 5.82 Å². The van der Waals surface area contributed by atoms with Crippen LogP contribution < -0.4 is 10.1 Å². The lowest BCUT2D eigenvalue weighted by Crippen LogP contribution is -2.48. The van der Waals surface area contributed by atoms with E-state index in [1.807, 2.05) is 4.57 Å². The molecule has 0 atom stereocenters. The smallest absolute Gasteiger partial charge is 0.251 e. The summed E-state index contributed by atoms with van der Waals surface area (Å²) in [4.78, 5) is 16.6. The summed E-state index contributed by atoms with van der Waals surface area (Å²) in [5, 5.41) is 2.99. The number of nitrogens with one attached hydrogen (secondary N) is 1. The summed E-state index contributed by atoms with van der Waals surface area (Å²) >= 11 is 0. The summed E-state index contributed by atoms with van der Waals surface area (Å²) in [6.07, 6.45) is 5.25. The molecule has 1 aromatic carbocycles. The summed E-state index contributed by atoms with van der Waals surface area (Å²) < 4.78 is 21.9. The van der Waals surface area contributed by atoms with Gasteiger partial charge in [0.1, 0.15) is 6.61 Å². The number of imidazole rings is 1. The molecule has 0 unspecified atom stereocenters. The zero-order valence-electron chi connectivity index (χ0n) is 13.8. The lowest BCUT2D eigenvalue weighted by molar-refractivity contribution is 0.0802. The number of amides is 1. The van der Waals surface area contributed by atoms with E-state index in [0.717, 1.165) is 18.5 Å². The summed E-state index contributed by atoms with van der Waals surface area (Å²) in [6.45, 7) is 5.32. The largest absolute Gasteiger partial charge is 0.488 e. The standard InChI is InChI=1S/C18H20FN3O2/c1-18(2)7-12(8-18)21-17(23)11-5-13-15-9-20-10-22(15)3-4-24-16(13)14(19)6-11/h5-6,9-10,12H,3-4,7-8H2,1-2H3,(H,21,23). The molecule has 1 aliphatic heterocycles. The third-order valence-electron chi connectivity index (χ3n) is 4.81. The van der Waals surface area contributed by atoms with Gasteiger partial charge in [0.25, 0.3) is 5.91 Å². The topological polar surface area (TPSA) is 56.2 Å². The number of rotatable bonds is 2. The second-order valence-corrected chi connectivity index (χ2v) is 7.40. The van der Waals surface area contributed by atoms with Crippen LogP contribution in [0, 0.1) is 11.2 Å². The van der Waals surface area contributed by atoms with Gasteiger partial charge in [-0.15, -0.1) is 0 Å². The molecule has 0 spiro atoms. The van der Waals surface area contributed by atoms with Gasteiger partial charge in [-0.3, -0.25) is 4.79 Å². The first kappa shape index (κ1) is 15.2. The van der Waals surface area contributed by atoms with Gasteiger partial charge in [-0.1, -0.05) is 13.8 Å². The summed E-state index contributed by atoms with van der Waals surface area (Å²) in [6, 6.07) is 3.11. The summed E-state index contributed by atoms with van der Waals surface area (Å²) in [5.74, 6) is -0.565. The quantitative estimate of drug-likeness (QED) is 0.921. The van der Waals surface area contributed by atoms with Crippen molar-refractivity contribution in [1.82, 2.24) is 14.9 Å². The number of hydrogen-bond donors (Lipinski definition) is 1. The van der Waals surface area contributed by atoms with Crippen LogP contribution in [0.1, 0.15) is 37.0 Å². The van der Waals surface area contributed by atoms with Gasteiger partial charge in [-0.2, -0.15) is 0 Å². The molecule has 0 radical (unpaired) electrons. The van der Waals surface area contributed by atoms with Crippen molar-refractivity contribution in [1.29, 1.82) is 0 Å². The van der Waals surface area contributed by atoms with Crippen LogP contribution in [0.3, 0.4) is 0 Å². The zero-order valence-corrected chi connectivity index (χ0v) is 13.8. The number of ether oxygens (including phenoxy) is 1. The van der Waals surface area contributed by atoms with Gasteiger partial charge in [-0.25, -0.2) is 9.37 Å². The molecular weight excluding hydrogens is 309 g/mol. The van der Waals surface area contributed by atoms with E-state index in [2.05, 4.69) is 24.1 Å². The maximum Gasteiger partial charge on any atom is 0.251 e. The van der Waals surface area contributed by atoms with Crippen molar-refractivity contribution < 1.29 is 13.9 Å². The number of fused-ring (bicyclic) bond motifs is 3. The highest BCUT2D eigenvalue weighted by Gasteiger charge is 2.37. The van der Waals surface area contributed by atoms with Crippen LogP contribution in [0.25, 0.3) is 11.3 Å². The van der Waals surface area contributed by atoms with E-state index in [-0.39, 0.29) is 23.1 Å². The van der Waals surface area contributed by atoms with E-state index in [1.165, 1.54) is 6.07 Å². The number of hydrogen-bond acceptors (Lipinski definition) is 3. The van der Waals surface area contributed by atoms with Gasteiger partial charge in [0, 0.05) is 17.2 Å². The molecule has 1 aromatic heterocycles. The van der Waals surface area contributed by atoms with Gasteiger partial charge < -0.3 is 14.6 Å². The van der Waals surface area contributed by atoms with Crippen LogP contribution in [-0.2, 0) is 6.54 Å². The van der Waals surface area contributed by atoms with Crippen molar-refractivity contribution >= 4 is 5.91 Å². The van der Waals surface area contributed by atoms with Gasteiger partial charge in [0.15, 0.2) is 11.6 Å². The fourth-order valence-corrected chi connectivity index (χ4v) is 3.68. The number of carbonyl (C=O) groups excluding carboxylic acids is 1. The highest BCUT2D eigenvalue weighted by molar-refractivity contribution is 5.96. The molecule has 126 valence electrons. The van der Waals surface area contributed by atoms with Crippen molar-refractivity contribution in [3.05, 3.63) is 36.0 Å². The molecule has 2 heterocycles. The Hall–Kier alpha value is -2.37. The summed E-state index contributed by atoms with van der Waals surface area (Å²) in [5.41, 5.74) is 1.93. The van der Waals surface area contributed by atoms with Crippen LogP contribution >= 0.6 is 0 Å². The van der Waals surface area contributed by atoms with Gasteiger partial charge in [0.2, 0.25) is 0 Å². The molecule has 2 aliphatic rings. The first-order valence-electron chi connectivity index (χ1n) is 8.21. The number of nitrogens with zero attached hydrogens (tertiary/aromatic N) is 2. The molecule has 1 fully saturated rings. The van der Waals surface area contributed by atoms with Crippen LogP contribution in [0.5, 0.6) is 5.75 Å². The molecule has 1 N–H and O–H groups in total. The number of benzene rings is 1. The Morgan fingerprint density at radius 3 is 2.96 bits per heavy atom. The number of halogens is 1. The Balaban J connectivity index is 1.65. The van der Waals surface area contributed by atoms with Crippen molar-refractivity contribution in [3.8, 4) is 17.0 Å². The Morgan fingerprint density at radius 1 is 1.42 bits per heavy atom. The Bertz CT molecular complexity index is 805. The Kier molecular flexibility index (Phi) is 3.37. The van der Waals surface area contributed by atoms with E-state index in [4.69, 9.17) is 4.74 Å². The van der Waals surface area contributed by atoms with Gasteiger partial charge >= 0.3 is 0 Å². The van der Waals surface area contributed by atoms with Crippen molar-refractivity contribution in [2.24, 2.45) is 5.41 Å². The van der Waals surface area contributed by atoms with Crippen molar-refractivity contribution in [2.75, 3.05) is 6.61 Å². The third-order valence-corrected chi connectivity index (χ3v) is 4.81. The normalized spacial score (nSPS) is 18.6. The highest BCUT2D eigenvalue weighted by atomic mass is 19.1. The molecule has 24 heavy (non-hydrogen) atoms. The third kappa shape index (κ3) is 2.56. The fraction of sp³-hybridized carbons (Fsp3) is 0.444. The van der Waals surface area contributed by atoms with Crippen molar-refractivity contribution in [3.63, 3.8) is 0 Å². The number of carbonyl (C=O) groups is 1. The van der Waals surface area contributed by atoms with E-state index in [1.54, 1.807) is 18.6 Å². The first-order chi connectivity index (χ1) is 11.4. The molecule has 0 saturated heterocycles. The van der Waals surface area contributed by atoms with Gasteiger partial charge in [0.05, 0.1) is 24.8 Å². The van der Waals surface area contributed by atoms with Crippen LogP contribution in [-0.4, -0.2) is 28.1 Å². The average molecular weight is 329 g/mol. The minimum absolute atomic E-state index is 0.163. The Morgan fingerprint density at radius 2 is 2.21 bits per heavy atom. The predicted molar refractivity (Wildman–Crippen MR) is 87.4 cm³/mol. The maximum absolute atomic E-state index is 14.5. The van der Waals surface area contributed by atoms with E-state index in [0.29, 0.717) is 24.3 Å². The Labute approximate surface area is 139 Å². The predicted octanol–water partition coefficient (Wildman–Crippen LogP) is 3.00. The second kappa shape index (κ2) is 5.33. The molecule has 1 aliphatic carbocycles. The highest BCUT2D eigenvalue weighted by Crippen LogP contribution is 2.40. The first-order valence-corrected chi connectivity index (χ1v) is 8.21. The second-order valence-electron chi connectivity index (χ2n) is 7.40. The molecular formula is C18H20FN3O2. The average Bonchev–Trinajstić information content (AvgIpc) is 2.88. The van der Waals surface area contributed by atoms with Gasteiger partial charge in [-0.05, 0) is 30.4 Å². The minimum Gasteiger partial charge on any atom is -0.488 e. The van der Waals surface area contributed by atoms with E-state index >= 15 is 0 Å². The molecule has 4 rings (SSSR count). The fourth-order valence-electron chi connectivity index (χ4n) is 3.68. The summed E-state index contributed by atoms with van der Waals surface area (Å²) in [7, 11) is 0. The lowest BCUT2D eigenvalue weighted by Gasteiger charge is -2.42. The van der Waals surface area contributed by atoms with Crippen molar-refractivity contribution in [2.45, 2.75) is 39.3 Å². The van der Waals surface area contributed by atoms with E-state index in [9.17, 15) is 9.18 Å². The monoisotopic (exact) mass is 329 g/mol.